The van der Waals surface area contributed by atoms with Gasteiger partial charge in [-0.15, -0.1) is 5.10 Å². The third-order valence-electron chi connectivity index (χ3n) is 8.72. The number of phenolic OH excluding ortho intramolecular Hbond substituents is 1. The number of nitrogens with zero attached hydrogens (tertiary/aromatic N) is 3. The summed E-state index contributed by atoms with van der Waals surface area (Å²) in [5, 5.41) is 18.6. The molecule has 3 aliphatic carbocycles. The summed E-state index contributed by atoms with van der Waals surface area (Å²) in [6.45, 7) is 7.56. The van der Waals surface area contributed by atoms with E-state index in [-0.39, 0.29) is 5.41 Å². The van der Waals surface area contributed by atoms with Gasteiger partial charge in [0, 0.05) is 24.6 Å². The molecule has 3 aliphatic rings. The summed E-state index contributed by atoms with van der Waals surface area (Å²) in [5.41, 5.74) is 3.68. The topological polar surface area (TPSA) is 68.0 Å². The van der Waals surface area contributed by atoms with Crippen LogP contribution in [0.3, 0.4) is 0 Å². The van der Waals surface area contributed by atoms with E-state index >= 15 is 0 Å². The Hall–Kier alpha value is -2.17. The Morgan fingerprint density at radius 1 is 1.28 bits per heavy atom. The second kappa shape index (κ2) is 8.31. The van der Waals surface area contributed by atoms with Crippen LogP contribution in [0.5, 0.6) is 5.75 Å². The molecule has 0 bridgehead atoms. The first-order chi connectivity index (χ1) is 15.3. The van der Waals surface area contributed by atoms with Crippen LogP contribution in [0.4, 0.5) is 0 Å². The molecule has 5 atom stereocenters. The molecule has 2 fully saturated rings. The highest BCUT2D eigenvalue weighted by atomic mass is 16.3. The molecule has 32 heavy (non-hydrogen) atoms. The molecule has 0 spiro atoms. The predicted octanol–water partition coefficient (Wildman–Crippen LogP) is 5.31. The number of aromatic nitrogens is 3. The molecule has 1 aromatic heterocycles. The van der Waals surface area contributed by atoms with E-state index in [1.807, 2.05) is 16.8 Å². The average molecular weight is 436 g/mol. The van der Waals surface area contributed by atoms with Crippen LogP contribution in [-0.2, 0) is 24.2 Å². The van der Waals surface area contributed by atoms with Crippen molar-refractivity contribution in [3.63, 3.8) is 0 Å². The molecule has 0 amide bonds. The SMILES string of the molecule is CC(C)Cc1cn(CCC[C@@H]2CC(=O)[C@@]3(C)CCC4c5ccc(O)cc5CC[C@H]4C23)nn1. The van der Waals surface area contributed by atoms with Gasteiger partial charge in [-0.2, -0.15) is 0 Å². The van der Waals surface area contributed by atoms with Gasteiger partial charge in [-0.05, 0) is 97.8 Å². The molecule has 1 heterocycles. The van der Waals surface area contributed by atoms with Gasteiger partial charge >= 0.3 is 0 Å². The maximum absolute atomic E-state index is 13.2. The summed E-state index contributed by atoms with van der Waals surface area (Å²) < 4.78 is 1.99. The largest absolute Gasteiger partial charge is 0.508 e. The smallest absolute Gasteiger partial charge is 0.139 e. The van der Waals surface area contributed by atoms with Crippen molar-refractivity contribution >= 4 is 5.78 Å². The Morgan fingerprint density at radius 3 is 2.94 bits per heavy atom. The number of carbonyl (C=O) groups excluding carboxylic acids is 1. The minimum atomic E-state index is -0.141. The number of Topliss-reactive ketones (excluding diaryl/α,β-unsaturated/α-hetero) is 1. The molecule has 0 aliphatic heterocycles. The van der Waals surface area contributed by atoms with Crippen molar-refractivity contribution < 1.29 is 9.90 Å². The number of aromatic hydroxyl groups is 1. The van der Waals surface area contributed by atoms with Crippen LogP contribution in [0, 0.1) is 29.1 Å². The number of phenols is 1. The number of rotatable bonds is 6. The van der Waals surface area contributed by atoms with E-state index < -0.39 is 0 Å². The molecule has 2 unspecified atom stereocenters. The lowest BCUT2D eigenvalue weighted by Crippen LogP contribution is -2.44. The maximum atomic E-state index is 13.2. The van der Waals surface area contributed by atoms with Gasteiger partial charge in [0.25, 0.3) is 0 Å². The first-order valence-electron chi connectivity index (χ1n) is 12.6. The van der Waals surface area contributed by atoms with Gasteiger partial charge in [0.2, 0.25) is 0 Å². The molecule has 5 nitrogen and oxygen atoms in total. The van der Waals surface area contributed by atoms with Gasteiger partial charge in [0.15, 0.2) is 0 Å². The van der Waals surface area contributed by atoms with Crippen LogP contribution in [-0.4, -0.2) is 25.9 Å². The normalized spacial score (nSPS) is 31.4. The molecule has 0 radical (unpaired) electrons. The third kappa shape index (κ3) is 3.78. The van der Waals surface area contributed by atoms with Gasteiger partial charge in [0.05, 0.1) is 5.69 Å². The quantitative estimate of drug-likeness (QED) is 0.667. The molecule has 172 valence electrons. The van der Waals surface area contributed by atoms with E-state index in [9.17, 15) is 9.90 Å². The standard InChI is InChI=1S/C27H37N3O2/c1-17(2)13-20-16-30(29-28-20)12-4-5-19-15-25(32)27(3)11-10-23-22-9-7-21(31)14-18(22)6-8-24(23)26(19)27/h7,9,14,16-17,19,23-24,26,31H,4-6,8,10-13,15H2,1-3H3/t19-,23?,24-,26?,27-/m1/s1. The number of hydrogen-bond acceptors (Lipinski definition) is 4. The Labute approximate surface area is 191 Å². The van der Waals surface area contributed by atoms with Crippen molar-refractivity contribution in [2.45, 2.75) is 84.6 Å². The number of aryl methyl sites for hydroxylation is 2. The van der Waals surface area contributed by atoms with Crippen LogP contribution in [0.15, 0.2) is 24.4 Å². The number of hydrogen-bond donors (Lipinski definition) is 1. The van der Waals surface area contributed by atoms with Crippen molar-refractivity contribution in [1.82, 2.24) is 15.0 Å². The van der Waals surface area contributed by atoms with Gasteiger partial charge in [0.1, 0.15) is 11.5 Å². The predicted molar refractivity (Wildman–Crippen MR) is 124 cm³/mol. The molecular formula is C27H37N3O2. The lowest BCUT2D eigenvalue weighted by molar-refractivity contribution is -0.129. The van der Waals surface area contributed by atoms with Gasteiger partial charge in [-0.3, -0.25) is 9.48 Å². The zero-order valence-corrected chi connectivity index (χ0v) is 19.8. The fourth-order valence-electron chi connectivity index (χ4n) is 7.37. The Kier molecular flexibility index (Phi) is 5.63. The molecule has 1 N–H and O–H groups in total. The summed E-state index contributed by atoms with van der Waals surface area (Å²) in [6, 6.07) is 5.95. The van der Waals surface area contributed by atoms with E-state index in [2.05, 4.69) is 43.3 Å². The first kappa shape index (κ1) is 21.7. The fraction of sp³-hybridized carbons (Fsp3) is 0.667. The van der Waals surface area contributed by atoms with Crippen LogP contribution in [0.25, 0.3) is 0 Å². The van der Waals surface area contributed by atoms with Crippen molar-refractivity contribution in [1.29, 1.82) is 0 Å². The molecule has 2 aromatic rings. The Bertz CT molecular complexity index is 997. The van der Waals surface area contributed by atoms with Crippen molar-refractivity contribution in [2.24, 2.45) is 29.1 Å². The monoisotopic (exact) mass is 435 g/mol. The molecule has 1 aromatic carbocycles. The van der Waals surface area contributed by atoms with E-state index in [0.717, 1.165) is 63.6 Å². The molecule has 5 heteroatoms. The summed E-state index contributed by atoms with van der Waals surface area (Å²) >= 11 is 0. The fourth-order valence-corrected chi connectivity index (χ4v) is 7.37. The zero-order chi connectivity index (χ0) is 22.5. The van der Waals surface area contributed by atoms with Crippen LogP contribution < -0.4 is 0 Å². The zero-order valence-electron chi connectivity index (χ0n) is 19.8. The summed E-state index contributed by atoms with van der Waals surface area (Å²) in [6.07, 6.45) is 10.2. The lowest BCUT2D eigenvalue weighted by Gasteiger charge is -2.50. The van der Waals surface area contributed by atoms with Crippen LogP contribution in [0.1, 0.15) is 82.0 Å². The number of carbonyl (C=O) groups is 1. The van der Waals surface area contributed by atoms with E-state index in [1.165, 1.54) is 11.1 Å². The van der Waals surface area contributed by atoms with Gasteiger partial charge < -0.3 is 5.11 Å². The third-order valence-corrected chi connectivity index (χ3v) is 8.72. The minimum Gasteiger partial charge on any atom is -0.508 e. The molecule has 0 saturated heterocycles. The lowest BCUT2D eigenvalue weighted by atomic mass is 9.54. The molecular weight excluding hydrogens is 398 g/mol. The van der Waals surface area contributed by atoms with E-state index in [0.29, 0.717) is 41.1 Å². The summed E-state index contributed by atoms with van der Waals surface area (Å²) in [5.74, 6) is 3.57. The van der Waals surface area contributed by atoms with Gasteiger partial charge in [-0.1, -0.05) is 32.1 Å². The van der Waals surface area contributed by atoms with Crippen LogP contribution >= 0.6 is 0 Å². The molecule has 5 rings (SSSR count). The number of fused-ring (bicyclic) bond motifs is 5. The van der Waals surface area contributed by atoms with Gasteiger partial charge in [-0.25, -0.2) is 0 Å². The summed E-state index contributed by atoms with van der Waals surface area (Å²) in [4.78, 5) is 13.2. The van der Waals surface area contributed by atoms with Crippen molar-refractivity contribution in [3.05, 3.63) is 41.2 Å². The van der Waals surface area contributed by atoms with E-state index in [1.54, 1.807) is 0 Å². The average Bonchev–Trinajstić information content (AvgIpc) is 3.28. The number of benzene rings is 1. The minimum absolute atomic E-state index is 0.141. The molecule has 2 saturated carbocycles. The second-order valence-electron chi connectivity index (χ2n) is 11.3. The Morgan fingerprint density at radius 2 is 2.12 bits per heavy atom. The van der Waals surface area contributed by atoms with Crippen LogP contribution in [0.2, 0.25) is 0 Å². The maximum Gasteiger partial charge on any atom is 0.139 e. The van der Waals surface area contributed by atoms with Crippen molar-refractivity contribution in [2.75, 3.05) is 0 Å². The first-order valence-corrected chi connectivity index (χ1v) is 12.6. The highest BCUT2D eigenvalue weighted by Gasteiger charge is 2.58. The van der Waals surface area contributed by atoms with Crippen molar-refractivity contribution in [3.8, 4) is 5.75 Å². The second-order valence-corrected chi connectivity index (χ2v) is 11.3. The summed E-state index contributed by atoms with van der Waals surface area (Å²) in [7, 11) is 0. The number of ketones is 1. The van der Waals surface area contributed by atoms with E-state index in [4.69, 9.17) is 0 Å². The Balaban J connectivity index is 1.29. The highest BCUT2D eigenvalue weighted by Crippen LogP contribution is 2.62. The highest BCUT2D eigenvalue weighted by molar-refractivity contribution is 5.87.